The number of hydrogen-bond acceptors (Lipinski definition) is 3. The first-order valence-corrected chi connectivity index (χ1v) is 6.03. The van der Waals surface area contributed by atoms with Crippen LogP contribution in [0.4, 0.5) is 5.69 Å². The summed E-state index contributed by atoms with van der Waals surface area (Å²) < 4.78 is 5.50. The Balaban J connectivity index is 2.00. The van der Waals surface area contributed by atoms with Gasteiger partial charge in [0.1, 0.15) is 0 Å². The van der Waals surface area contributed by atoms with E-state index in [1.165, 1.54) is 0 Å². The van der Waals surface area contributed by atoms with Crippen LogP contribution in [0.25, 0.3) is 0 Å². The summed E-state index contributed by atoms with van der Waals surface area (Å²) in [4.78, 5) is 0. The summed E-state index contributed by atoms with van der Waals surface area (Å²) in [6, 6.07) is 6.35. The van der Waals surface area contributed by atoms with Crippen LogP contribution in [-0.4, -0.2) is 19.3 Å². The van der Waals surface area contributed by atoms with Crippen LogP contribution in [0.15, 0.2) is 18.2 Å². The molecule has 2 aliphatic heterocycles. The minimum atomic E-state index is 0.0280. The van der Waals surface area contributed by atoms with Crippen molar-refractivity contribution in [1.82, 2.24) is 0 Å². The van der Waals surface area contributed by atoms with Crippen molar-refractivity contribution >= 4 is 17.3 Å². The van der Waals surface area contributed by atoms with Crippen LogP contribution in [0.5, 0.6) is 0 Å². The van der Waals surface area contributed by atoms with E-state index in [4.69, 9.17) is 22.1 Å². The fourth-order valence-corrected chi connectivity index (χ4v) is 2.84. The quantitative estimate of drug-likeness (QED) is 0.728. The molecule has 0 aliphatic carbocycles. The van der Waals surface area contributed by atoms with Gasteiger partial charge in [0.25, 0.3) is 0 Å². The highest BCUT2D eigenvalue weighted by Crippen LogP contribution is 2.39. The van der Waals surface area contributed by atoms with E-state index < -0.39 is 0 Å². The molecule has 0 saturated carbocycles. The number of nitrogens with one attached hydrogen (secondary N) is 1. The van der Waals surface area contributed by atoms with E-state index in [0.717, 1.165) is 35.9 Å². The van der Waals surface area contributed by atoms with Crippen molar-refractivity contribution in [2.24, 2.45) is 11.7 Å². The first-order valence-electron chi connectivity index (χ1n) is 5.65. The standard InChI is InChI=1S/C12H15ClN2O/c13-7-1-2-10-8(5-7)12(14)9-6-16-4-3-11(9)15-10/h1-2,5,9,11-12,15H,3-4,6,14H2. The van der Waals surface area contributed by atoms with E-state index in [0.29, 0.717) is 12.0 Å². The zero-order valence-corrected chi connectivity index (χ0v) is 9.70. The van der Waals surface area contributed by atoms with Crippen LogP contribution in [0.3, 0.4) is 0 Å². The molecule has 16 heavy (non-hydrogen) atoms. The van der Waals surface area contributed by atoms with Crippen molar-refractivity contribution in [2.75, 3.05) is 18.5 Å². The van der Waals surface area contributed by atoms with Gasteiger partial charge in [-0.05, 0) is 30.2 Å². The zero-order valence-electron chi connectivity index (χ0n) is 8.95. The third kappa shape index (κ3) is 1.59. The van der Waals surface area contributed by atoms with Gasteiger partial charge in [-0.3, -0.25) is 0 Å². The van der Waals surface area contributed by atoms with Crippen molar-refractivity contribution in [3.8, 4) is 0 Å². The molecular weight excluding hydrogens is 224 g/mol. The molecule has 3 nitrogen and oxygen atoms in total. The second-order valence-corrected chi connectivity index (χ2v) is 4.97. The SMILES string of the molecule is NC1c2cc(Cl)ccc2NC2CCOCC21. The summed E-state index contributed by atoms with van der Waals surface area (Å²) in [5.74, 6) is 0.361. The molecule has 3 atom stereocenters. The van der Waals surface area contributed by atoms with Gasteiger partial charge in [0.15, 0.2) is 0 Å². The summed E-state index contributed by atoms with van der Waals surface area (Å²) in [7, 11) is 0. The normalized spacial score (nSPS) is 32.5. The molecule has 0 bridgehead atoms. The lowest BCUT2D eigenvalue weighted by Gasteiger charge is -2.41. The number of benzene rings is 1. The van der Waals surface area contributed by atoms with E-state index >= 15 is 0 Å². The fraction of sp³-hybridized carbons (Fsp3) is 0.500. The van der Waals surface area contributed by atoms with Crippen LogP contribution in [0, 0.1) is 5.92 Å². The monoisotopic (exact) mass is 238 g/mol. The molecule has 4 heteroatoms. The summed E-state index contributed by atoms with van der Waals surface area (Å²) in [5, 5.41) is 4.28. The summed E-state index contributed by atoms with van der Waals surface area (Å²) >= 11 is 6.00. The smallest absolute Gasteiger partial charge is 0.0532 e. The van der Waals surface area contributed by atoms with E-state index in [2.05, 4.69) is 5.32 Å². The summed E-state index contributed by atoms with van der Waals surface area (Å²) in [5.41, 5.74) is 8.53. The van der Waals surface area contributed by atoms with Crippen LogP contribution in [0.2, 0.25) is 5.02 Å². The van der Waals surface area contributed by atoms with Gasteiger partial charge in [-0.2, -0.15) is 0 Å². The van der Waals surface area contributed by atoms with Gasteiger partial charge in [0.05, 0.1) is 6.61 Å². The van der Waals surface area contributed by atoms with Gasteiger partial charge < -0.3 is 15.8 Å². The number of nitrogens with two attached hydrogens (primary N) is 1. The maximum absolute atomic E-state index is 6.29. The number of rotatable bonds is 0. The molecule has 0 amide bonds. The zero-order chi connectivity index (χ0) is 11.1. The maximum Gasteiger partial charge on any atom is 0.0532 e. The maximum atomic E-state index is 6.29. The molecule has 2 aliphatic rings. The molecule has 1 aromatic rings. The molecule has 0 aromatic heterocycles. The molecule has 1 saturated heterocycles. The molecule has 1 aromatic carbocycles. The van der Waals surface area contributed by atoms with Crippen LogP contribution in [0.1, 0.15) is 18.0 Å². The van der Waals surface area contributed by atoms with Gasteiger partial charge in [-0.15, -0.1) is 0 Å². The lowest BCUT2D eigenvalue weighted by atomic mass is 9.81. The molecule has 86 valence electrons. The van der Waals surface area contributed by atoms with Gasteiger partial charge in [-0.25, -0.2) is 0 Å². The molecule has 0 spiro atoms. The molecule has 0 radical (unpaired) electrons. The summed E-state index contributed by atoms with van der Waals surface area (Å²) in [6.07, 6.45) is 1.03. The third-order valence-corrected chi connectivity index (χ3v) is 3.81. The fourth-order valence-electron chi connectivity index (χ4n) is 2.66. The Labute approximate surface area is 99.9 Å². The van der Waals surface area contributed by atoms with Gasteiger partial charge >= 0.3 is 0 Å². The van der Waals surface area contributed by atoms with Gasteiger partial charge in [0.2, 0.25) is 0 Å². The topological polar surface area (TPSA) is 47.3 Å². The second kappa shape index (κ2) is 3.91. The lowest BCUT2D eigenvalue weighted by molar-refractivity contribution is 0.0342. The minimum absolute atomic E-state index is 0.0280. The van der Waals surface area contributed by atoms with Gasteiger partial charge in [0, 0.05) is 35.3 Å². The summed E-state index contributed by atoms with van der Waals surface area (Å²) in [6.45, 7) is 1.56. The third-order valence-electron chi connectivity index (χ3n) is 3.58. The molecule has 3 unspecified atom stereocenters. The molecule has 3 N–H and O–H groups in total. The number of halogens is 1. The van der Waals surface area contributed by atoms with E-state index in [9.17, 15) is 0 Å². The number of fused-ring (bicyclic) bond motifs is 2. The number of hydrogen-bond donors (Lipinski definition) is 2. The first kappa shape index (κ1) is 10.4. The Morgan fingerprint density at radius 2 is 2.31 bits per heavy atom. The van der Waals surface area contributed by atoms with Crippen molar-refractivity contribution in [1.29, 1.82) is 0 Å². The predicted molar refractivity (Wildman–Crippen MR) is 64.7 cm³/mol. The highest BCUT2D eigenvalue weighted by atomic mass is 35.5. The molecule has 1 fully saturated rings. The Hall–Kier alpha value is -0.770. The van der Waals surface area contributed by atoms with Crippen molar-refractivity contribution in [3.63, 3.8) is 0 Å². The number of anilines is 1. The first-order chi connectivity index (χ1) is 7.75. The van der Waals surface area contributed by atoms with Crippen molar-refractivity contribution in [2.45, 2.75) is 18.5 Å². The largest absolute Gasteiger partial charge is 0.382 e. The average molecular weight is 239 g/mol. The lowest BCUT2D eigenvalue weighted by Crippen LogP contribution is -2.46. The highest BCUT2D eigenvalue weighted by Gasteiger charge is 2.36. The highest BCUT2D eigenvalue weighted by molar-refractivity contribution is 6.30. The van der Waals surface area contributed by atoms with Crippen molar-refractivity contribution in [3.05, 3.63) is 28.8 Å². The van der Waals surface area contributed by atoms with Crippen LogP contribution < -0.4 is 11.1 Å². The molecular formula is C12H15ClN2O. The Kier molecular flexibility index (Phi) is 2.54. The van der Waals surface area contributed by atoms with E-state index in [1.807, 2.05) is 18.2 Å². The van der Waals surface area contributed by atoms with Gasteiger partial charge in [-0.1, -0.05) is 11.6 Å². The number of ether oxygens (including phenoxy) is 1. The predicted octanol–water partition coefficient (Wildman–Crippen LogP) is 2.17. The Bertz CT molecular complexity index is 410. The van der Waals surface area contributed by atoms with Crippen LogP contribution >= 0.6 is 11.6 Å². The van der Waals surface area contributed by atoms with Crippen LogP contribution in [-0.2, 0) is 4.74 Å². The Morgan fingerprint density at radius 3 is 3.19 bits per heavy atom. The van der Waals surface area contributed by atoms with E-state index in [-0.39, 0.29) is 6.04 Å². The van der Waals surface area contributed by atoms with Crippen molar-refractivity contribution < 1.29 is 4.74 Å². The minimum Gasteiger partial charge on any atom is -0.382 e. The van der Waals surface area contributed by atoms with E-state index in [1.54, 1.807) is 0 Å². The average Bonchev–Trinajstić information content (AvgIpc) is 2.31. The molecule has 2 heterocycles. The Morgan fingerprint density at radius 1 is 1.44 bits per heavy atom. The second-order valence-electron chi connectivity index (χ2n) is 4.54. The molecule has 3 rings (SSSR count).